The highest BCUT2D eigenvalue weighted by molar-refractivity contribution is 7.91. The predicted octanol–water partition coefficient (Wildman–Crippen LogP) is 4.01. The van der Waals surface area contributed by atoms with Gasteiger partial charge in [0.15, 0.2) is 5.78 Å². The van der Waals surface area contributed by atoms with Gasteiger partial charge in [0.1, 0.15) is 0 Å². The van der Waals surface area contributed by atoms with Gasteiger partial charge in [-0.05, 0) is 42.7 Å². The minimum atomic E-state index is -3.84. The molecule has 6 heteroatoms. The van der Waals surface area contributed by atoms with E-state index >= 15 is 0 Å². The minimum absolute atomic E-state index is 0.00401. The molecule has 1 atom stereocenters. The second-order valence-corrected chi connectivity index (χ2v) is 9.05. The van der Waals surface area contributed by atoms with Crippen molar-refractivity contribution in [2.45, 2.75) is 49.3 Å². The molecule has 3 rings (SSSR count). The molecule has 0 fully saturated rings. The second-order valence-electron chi connectivity index (χ2n) is 7.17. The van der Waals surface area contributed by atoms with Gasteiger partial charge in [-0.3, -0.25) is 9.59 Å². The Bertz CT molecular complexity index is 1010. The van der Waals surface area contributed by atoms with Crippen LogP contribution in [0.15, 0.2) is 52.3 Å². The SMILES string of the molecule is CCCC[C@@H](CC)CNC(=O)c1ccc2c(c1)S(=O)(=O)c1ccccc1C2=O. The van der Waals surface area contributed by atoms with Crippen molar-refractivity contribution in [2.75, 3.05) is 6.54 Å². The first-order chi connectivity index (χ1) is 13.4. The van der Waals surface area contributed by atoms with E-state index in [0.29, 0.717) is 12.5 Å². The molecule has 0 aromatic heterocycles. The van der Waals surface area contributed by atoms with Crippen molar-refractivity contribution >= 4 is 21.5 Å². The summed E-state index contributed by atoms with van der Waals surface area (Å²) in [5.41, 5.74) is 0.540. The molecule has 1 amide bonds. The minimum Gasteiger partial charge on any atom is -0.352 e. The Hall–Kier alpha value is -2.47. The van der Waals surface area contributed by atoms with E-state index in [1.807, 2.05) is 0 Å². The molecular formula is C22H25NO4S. The lowest BCUT2D eigenvalue weighted by Crippen LogP contribution is -2.29. The molecule has 28 heavy (non-hydrogen) atoms. The van der Waals surface area contributed by atoms with E-state index in [9.17, 15) is 18.0 Å². The molecule has 2 aromatic carbocycles. The van der Waals surface area contributed by atoms with Gasteiger partial charge in [0, 0.05) is 23.2 Å². The van der Waals surface area contributed by atoms with Gasteiger partial charge in [-0.25, -0.2) is 8.42 Å². The molecule has 0 unspecified atom stereocenters. The van der Waals surface area contributed by atoms with Gasteiger partial charge >= 0.3 is 0 Å². The van der Waals surface area contributed by atoms with E-state index in [1.165, 1.54) is 30.3 Å². The second kappa shape index (κ2) is 8.27. The molecule has 0 bridgehead atoms. The smallest absolute Gasteiger partial charge is 0.251 e. The fraction of sp³-hybridized carbons (Fsp3) is 0.364. The van der Waals surface area contributed by atoms with Crippen LogP contribution in [0, 0.1) is 5.92 Å². The molecule has 148 valence electrons. The summed E-state index contributed by atoms with van der Waals surface area (Å²) in [5, 5.41) is 2.90. The van der Waals surface area contributed by atoms with Crippen molar-refractivity contribution in [2.24, 2.45) is 5.92 Å². The van der Waals surface area contributed by atoms with Crippen LogP contribution in [0.1, 0.15) is 65.8 Å². The van der Waals surface area contributed by atoms with E-state index < -0.39 is 9.84 Å². The average Bonchev–Trinajstić information content (AvgIpc) is 2.72. The first kappa shape index (κ1) is 20.3. The largest absolute Gasteiger partial charge is 0.352 e. The van der Waals surface area contributed by atoms with Crippen LogP contribution in [0.4, 0.5) is 0 Å². The Balaban J connectivity index is 1.86. The summed E-state index contributed by atoms with van der Waals surface area (Å²) in [4.78, 5) is 25.1. The molecule has 1 N–H and O–H groups in total. The highest BCUT2D eigenvalue weighted by atomic mass is 32.2. The zero-order valence-corrected chi connectivity index (χ0v) is 17.0. The monoisotopic (exact) mass is 399 g/mol. The number of hydrogen-bond donors (Lipinski definition) is 1. The van der Waals surface area contributed by atoms with Crippen LogP contribution in [0.2, 0.25) is 0 Å². The molecule has 0 saturated carbocycles. The number of sulfone groups is 1. The number of nitrogens with one attached hydrogen (secondary N) is 1. The van der Waals surface area contributed by atoms with Gasteiger partial charge < -0.3 is 5.32 Å². The Morgan fingerprint density at radius 1 is 1.04 bits per heavy atom. The lowest BCUT2D eigenvalue weighted by atomic mass is 9.99. The number of hydrogen-bond acceptors (Lipinski definition) is 4. The number of unbranched alkanes of at least 4 members (excludes halogenated alkanes) is 1. The Morgan fingerprint density at radius 2 is 1.75 bits per heavy atom. The van der Waals surface area contributed by atoms with E-state index in [0.717, 1.165) is 25.7 Å². The first-order valence-electron chi connectivity index (χ1n) is 9.71. The van der Waals surface area contributed by atoms with Crippen molar-refractivity contribution in [1.29, 1.82) is 0 Å². The molecule has 1 aliphatic heterocycles. The van der Waals surface area contributed by atoms with Gasteiger partial charge in [-0.1, -0.05) is 45.2 Å². The Kier molecular flexibility index (Phi) is 5.98. The van der Waals surface area contributed by atoms with Gasteiger partial charge in [0.05, 0.1) is 9.79 Å². The molecule has 1 heterocycles. The fourth-order valence-corrected chi connectivity index (χ4v) is 5.19. The standard InChI is InChI=1S/C22H25NO4S/c1-3-5-8-15(4-2)14-23-22(25)16-11-12-18-20(13-16)28(26,27)19-10-7-6-9-17(19)21(18)24/h6-7,9-13,15H,3-5,8,14H2,1-2H3,(H,23,25)/t15-/m1/s1. The van der Waals surface area contributed by atoms with Crippen LogP contribution in [0.3, 0.4) is 0 Å². The summed E-state index contributed by atoms with van der Waals surface area (Å²) in [6, 6.07) is 10.4. The number of fused-ring (bicyclic) bond motifs is 2. The maximum atomic E-state index is 13.0. The highest BCUT2D eigenvalue weighted by Crippen LogP contribution is 2.34. The lowest BCUT2D eigenvalue weighted by molar-refractivity contribution is 0.0943. The quantitative estimate of drug-likeness (QED) is 0.651. The first-order valence-corrected chi connectivity index (χ1v) is 11.2. The third-order valence-corrected chi connectivity index (χ3v) is 7.15. The van der Waals surface area contributed by atoms with Gasteiger partial charge in [-0.2, -0.15) is 0 Å². The molecule has 0 saturated heterocycles. The lowest BCUT2D eigenvalue weighted by Gasteiger charge is -2.19. The van der Waals surface area contributed by atoms with E-state index in [4.69, 9.17) is 0 Å². The maximum Gasteiger partial charge on any atom is 0.251 e. The molecule has 5 nitrogen and oxygen atoms in total. The maximum absolute atomic E-state index is 13.0. The van der Waals surface area contributed by atoms with Crippen molar-refractivity contribution in [1.82, 2.24) is 5.32 Å². The number of ketones is 1. The number of carbonyl (C=O) groups is 2. The molecular weight excluding hydrogens is 374 g/mol. The van der Waals surface area contributed by atoms with E-state index in [-0.39, 0.29) is 38.2 Å². The third kappa shape index (κ3) is 3.74. The van der Waals surface area contributed by atoms with Crippen LogP contribution < -0.4 is 5.32 Å². The molecule has 1 aliphatic rings. The fourth-order valence-electron chi connectivity index (χ4n) is 3.51. The Labute approximate surface area is 166 Å². The van der Waals surface area contributed by atoms with Crippen molar-refractivity contribution in [3.63, 3.8) is 0 Å². The molecule has 0 aliphatic carbocycles. The average molecular weight is 400 g/mol. The van der Waals surface area contributed by atoms with Crippen molar-refractivity contribution < 1.29 is 18.0 Å². The van der Waals surface area contributed by atoms with Gasteiger partial charge in [-0.15, -0.1) is 0 Å². The van der Waals surface area contributed by atoms with Crippen LogP contribution in [0.5, 0.6) is 0 Å². The van der Waals surface area contributed by atoms with Crippen LogP contribution in [-0.2, 0) is 9.84 Å². The summed E-state index contributed by atoms with van der Waals surface area (Å²) in [7, 11) is -3.84. The number of rotatable bonds is 7. The summed E-state index contributed by atoms with van der Waals surface area (Å²) < 4.78 is 25.9. The predicted molar refractivity (Wildman–Crippen MR) is 107 cm³/mol. The number of carbonyl (C=O) groups excluding carboxylic acids is 2. The summed E-state index contributed by atoms with van der Waals surface area (Å²) in [6.45, 7) is 4.79. The normalized spacial score (nSPS) is 15.4. The zero-order chi connectivity index (χ0) is 20.3. The highest BCUT2D eigenvalue weighted by Gasteiger charge is 2.35. The molecule has 0 spiro atoms. The van der Waals surface area contributed by atoms with Crippen LogP contribution in [-0.4, -0.2) is 26.7 Å². The summed E-state index contributed by atoms with van der Waals surface area (Å²) >= 11 is 0. The van der Waals surface area contributed by atoms with Crippen molar-refractivity contribution in [3.8, 4) is 0 Å². The molecule has 0 radical (unpaired) electrons. The number of benzene rings is 2. The van der Waals surface area contributed by atoms with Crippen molar-refractivity contribution in [3.05, 3.63) is 59.2 Å². The zero-order valence-electron chi connectivity index (χ0n) is 16.2. The topological polar surface area (TPSA) is 80.3 Å². The van der Waals surface area contributed by atoms with Crippen LogP contribution >= 0.6 is 0 Å². The van der Waals surface area contributed by atoms with E-state index in [2.05, 4.69) is 19.2 Å². The summed E-state index contributed by atoms with van der Waals surface area (Å²) in [6.07, 6.45) is 4.26. The Morgan fingerprint density at radius 3 is 2.46 bits per heavy atom. The molecule has 2 aromatic rings. The third-order valence-electron chi connectivity index (χ3n) is 5.29. The number of amides is 1. The summed E-state index contributed by atoms with van der Waals surface area (Å²) in [5.74, 6) is -0.254. The van der Waals surface area contributed by atoms with Gasteiger partial charge in [0.25, 0.3) is 5.91 Å². The van der Waals surface area contributed by atoms with Crippen LogP contribution in [0.25, 0.3) is 0 Å². The van der Waals surface area contributed by atoms with Gasteiger partial charge in [0.2, 0.25) is 9.84 Å². The van der Waals surface area contributed by atoms with E-state index in [1.54, 1.807) is 12.1 Å².